The minimum atomic E-state index is -1.44. The number of benzene rings is 2. The van der Waals surface area contributed by atoms with Crippen molar-refractivity contribution >= 4 is 11.6 Å². The van der Waals surface area contributed by atoms with Crippen LogP contribution in [0.4, 0.5) is 0 Å². The van der Waals surface area contributed by atoms with E-state index in [0.29, 0.717) is 16.7 Å². The lowest BCUT2D eigenvalue weighted by molar-refractivity contribution is 0.0488. The van der Waals surface area contributed by atoms with Crippen LogP contribution < -0.4 is 0 Å². The molecule has 0 unspecified atom stereocenters. The lowest BCUT2D eigenvalue weighted by atomic mass is 9.95. The molecular formula is C17H16O4. The third-order valence-electron chi connectivity index (χ3n) is 3.09. The summed E-state index contributed by atoms with van der Waals surface area (Å²) in [5.41, 5.74) is -0.199. The van der Waals surface area contributed by atoms with E-state index >= 15 is 0 Å². The summed E-state index contributed by atoms with van der Waals surface area (Å²) in [4.78, 5) is 24.1. The Kier molecular flexibility index (Phi) is 3.91. The van der Waals surface area contributed by atoms with Crippen LogP contribution in [-0.4, -0.2) is 27.4 Å². The summed E-state index contributed by atoms with van der Waals surface area (Å²) >= 11 is 0. The summed E-state index contributed by atoms with van der Waals surface area (Å²) in [7, 11) is 0. The van der Waals surface area contributed by atoms with Crippen LogP contribution in [0.1, 0.15) is 40.1 Å². The highest BCUT2D eigenvalue weighted by molar-refractivity contribution is 6.10. The van der Waals surface area contributed by atoms with E-state index < -0.39 is 11.4 Å². The summed E-state index contributed by atoms with van der Waals surface area (Å²) in [6, 6.07) is 12.1. The van der Waals surface area contributed by atoms with Gasteiger partial charge in [0.25, 0.3) is 0 Å². The standard InChI is InChI=1S/C17H16O4/c1-17(2,21)16(20)13-5-3-11(4-6-13)15(19)12-7-9-14(18)10-8-12/h3-10,18,21H,1-2H3. The van der Waals surface area contributed by atoms with Crippen LogP contribution in [0, 0.1) is 0 Å². The highest BCUT2D eigenvalue weighted by atomic mass is 16.3. The molecule has 4 heteroatoms. The van der Waals surface area contributed by atoms with Gasteiger partial charge >= 0.3 is 0 Å². The second-order valence-corrected chi connectivity index (χ2v) is 5.34. The molecule has 0 spiro atoms. The summed E-state index contributed by atoms with van der Waals surface area (Å²) in [6.07, 6.45) is 0. The maximum atomic E-state index is 12.2. The maximum absolute atomic E-state index is 12.2. The number of rotatable bonds is 4. The third-order valence-corrected chi connectivity index (χ3v) is 3.09. The second-order valence-electron chi connectivity index (χ2n) is 5.34. The number of carbonyl (C=O) groups is 2. The van der Waals surface area contributed by atoms with E-state index in [4.69, 9.17) is 0 Å². The molecule has 2 rings (SSSR count). The van der Waals surface area contributed by atoms with E-state index in [1.807, 2.05) is 0 Å². The molecule has 0 saturated carbocycles. The van der Waals surface area contributed by atoms with Crippen molar-refractivity contribution in [1.82, 2.24) is 0 Å². The topological polar surface area (TPSA) is 74.6 Å². The Balaban J connectivity index is 2.25. The van der Waals surface area contributed by atoms with Crippen molar-refractivity contribution in [2.75, 3.05) is 0 Å². The molecule has 0 aliphatic rings. The van der Waals surface area contributed by atoms with Gasteiger partial charge in [0.2, 0.25) is 0 Å². The molecule has 0 bridgehead atoms. The van der Waals surface area contributed by atoms with Gasteiger partial charge in [0.15, 0.2) is 11.6 Å². The lowest BCUT2D eigenvalue weighted by Crippen LogP contribution is -2.31. The van der Waals surface area contributed by atoms with Gasteiger partial charge in [0.05, 0.1) is 0 Å². The van der Waals surface area contributed by atoms with Gasteiger partial charge in [0, 0.05) is 16.7 Å². The van der Waals surface area contributed by atoms with Crippen molar-refractivity contribution < 1.29 is 19.8 Å². The van der Waals surface area contributed by atoms with Crippen LogP contribution in [0.5, 0.6) is 5.75 Å². The van der Waals surface area contributed by atoms with E-state index in [-0.39, 0.29) is 11.5 Å². The molecule has 0 aliphatic carbocycles. The highest BCUT2D eigenvalue weighted by Gasteiger charge is 2.25. The van der Waals surface area contributed by atoms with Gasteiger partial charge in [-0.15, -0.1) is 0 Å². The predicted molar refractivity (Wildman–Crippen MR) is 78.6 cm³/mol. The molecule has 4 nitrogen and oxygen atoms in total. The Hall–Kier alpha value is -2.46. The smallest absolute Gasteiger partial charge is 0.193 e. The van der Waals surface area contributed by atoms with Gasteiger partial charge in [0.1, 0.15) is 11.4 Å². The SMILES string of the molecule is CC(C)(O)C(=O)c1ccc(C(=O)c2ccc(O)cc2)cc1. The first-order valence-electron chi connectivity index (χ1n) is 6.50. The number of phenols is 1. The van der Waals surface area contributed by atoms with Gasteiger partial charge < -0.3 is 10.2 Å². The molecule has 2 aromatic carbocycles. The predicted octanol–water partition coefficient (Wildman–Crippen LogP) is 2.58. The van der Waals surface area contributed by atoms with Gasteiger partial charge in [-0.2, -0.15) is 0 Å². The van der Waals surface area contributed by atoms with Crippen LogP contribution in [0.25, 0.3) is 0 Å². The van der Waals surface area contributed by atoms with Crippen molar-refractivity contribution in [2.45, 2.75) is 19.4 Å². The molecule has 21 heavy (non-hydrogen) atoms. The van der Waals surface area contributed by atoms with E-state index in [2.05, 4.69) is 0 Å². The molecule has 0 atom stereocenters. The van der Waals surface area contributed by atoms with E-state index in [1.165, 1.54) is 50.2 Å². The number of phenolic OH excluding ortho intramolecular Hbond substituents is 1. The fourth-order valence-corrected chi connectivity index (χ4v) is 1.91. The second kappa shape index (κ2) is 5.50. The van der Waals surface area contributed by atoms with Gasteiger partial charge in [-0.05, 0) is 38.1 Å². The Labute approximate surface area is 122 Å². The normalized spacial score (nSPS) is 11.2. The number of aliphatic hydroxyl groups is 1. The zero-order valence-corrected chi connectivity index (χ0v) is 11.8. The average Bonchev–Trinajstić information content (AvgIpc) is 2.46. The van der Waals surface area contributed by atoms with E-state index in [1.54, 1.807) is 12.1 Å². The van der Waals surface area contributed by atoms with Crippen LogP contribution >= 0.6 is 0 Å². The first-order chi connectivity index (χ1) is 9.79. The molecule has 0 aliphatic heterocycles. The molecule has 0 aromatic heterocycles. The quantitative estimate of drug-likeness (QED) is 0.846. The number of hydrogen-bond donors (Lipinski definition) is 2. The number of carbonyl (C=O) groups excluding carboxylic acids is 2. The van der Waals surface area contributed by atoms with Crippen LogP contribution in [0.3, 0.4) is 0 Å². The number of Topliss-reactive ketones (excluding diaryl/α,β-unsaturated/α-hetero) is 1. The average molecular weight is 284 g/mol. The van der Waals surface area contributed by atoms with Crippen molar-refractivity contribution in [3.63, 3.8) is 0 Å². The summed E-state index contributed by atoms with van der Waals surface area (Å²) < 4.78 is 0. The molecule has 108 valence electrons. The fourth-order valence-electron chi connectivity index (χ4n) is 1.91. The summed E-state index contributed by atoms with van der Waals surface area (Å²) in [5, 5.41) is 18.9. The fraction of sp³-hybridized carbons (Fsp3) is 0.176. The monoisotopic (exact) mass is 284 g/mol. The van der Waals surface area contributed by atoms with Gasteiger partial charge in [-0.1, -0.05) is 24.3 Å². The van der Waals surface area contributed by atoms with Crippen LogP contribution in [-0.2, 0) is 0 Å². The zero-order chi connectivity index (χ0) is 15.6. The van der Waals surface area contributed by atoms with E-state index in [9.17, 15) is 19.8 Å². The first kappa shape index (κ1) is 14.9. The van der Waals surface area contributed by atoms with Crippen molar-refractivity contribution in [1.29, 1.82) is 0 Å². The van der Waals surface area contributed by atoms with Gasteiger partial charge in [-0.25, -0.2) is 0 Å². The zero-order valence-electron chi connectivity index (χ0n) is 11.8. The Bertz CT molecular complexity index is 661. The van der Waals surface area contributed by atoms with Crippen LogP contribution in [0.15, 0.2) is 48.5 Å². The summed E-state index contributed by atoms with van der Waals surface area (Å²) in [6.45, 7) is 2.84. The number of hydrogen-bond acceptors (Lipinski definition) is 4. The van der Waals surface area contributed by atoms with Crippen molar-refractivity contribution in [3.05, 3.63) is 65.2 Å². The van der Waals surface area contributed by atoms with Crippen LogP contribution in [0.2, 0.25) is 0 Å². The molecular weight excluding hydrogens is 268 g/mol. The molecule has 0 amide bonds. The minimum absolute atomic E-state index is 0.0951. The Morgan fingerprint density at radius 1 is 0.810 bits per heavy atom. The van der Waals surface area contributed by atoms with Crippen molar-refractivity contribution in [3.8, 4) is 5.75 Å². The van der Waals surface area contributed by atoms with E-state index in [0.717, 1.165) is 0 Å². The summed E-state index contributed by atoms with van der Waals surface area (Å²) in [5.74, 6) is -0.499. The molecule has 2 N–H and O–H groups in total. The Morgan fingerprint density at radius 3 is 1.62 bits per heavy atom. The number of ketones is 2. The number of aromatic hydroxyl groups is 1. The first-order valence-corrected chi connectivity index (χ1v) is 6.50. The largest absolute Gasteiger partial charge is 0.508 e. The maximum Gasteiger partial charge on any atom is 0.193 e. The molecule has 0 radical (unpaired) electrons. The van der Waals surface area contributed by atoms with Gasteiger partial charge in [-0.3, -0.25) is 9.59 Å². The third kappa shape index (κ3) is 3.35. The Morgan fingerprint density at radius 2 is 1.19 bits per heavy atom. The molecule has 2 aromatic rings. The molecule has 0 fully saturated rings. The highest BCUT2D eigenvalue weighted by Crippen LogP contribution is 2.17. The van der Waals surface area contributed by atoms with Crippen molar-refractivity contribution in [2.24, 2.45) is 0 Å². The minimum Gasteiger partial charge on any atom is -0.508 e. The lowest BCUT2D eigenvalue weighted by Gasteiger charge is -2.15. The molecule has 0 saturated heterocycles. The molecule has 0 heterocycles.